The normalized spacial score (nSPS) is 10.4. The first-order valence-corrected chi connectivity index (χ1v) is 6.52. The molecule has 4 nitrogen and oxygen atoms in total. The summed E-state index contributed by atoms with van der Waals surface area (Å²) in [5.74, 6) is 0. The van der Waals surface area contributed by atoms with Crippen molar-refractivity contribution in [1.82, 2.24) is 14.8 Å². The zero-order valence-corrected chi connectivity index (χ0v) is 10.5. The maximum Gasteiger partial charge on any atom is 0.0876 e. The fourth-order valence-corrected chi connectivity index (χ4v) is 2.28. The van der Waals surface area contributed by atoms with Crippen molar-refractivity contribution in [3.05, 3.63) is 59.3 Å². The molecule has 0 bridgehead atoms. The van der Waals surface area contributed by atoms with Crippen LogP contribution in [-0.4, -0.2) is 14.8 Å². The topological polar surface area (TPSA) is 42.7 Å². The molecule has 2 aromatic heterocycles. The number of nitrogens with one attached hydrogen (secondary N) is 1. The average molecular weight is 256 g/mol. The number of benzene rings is 1. The molecule has 90 valence electrons. The highest BCUT2D eigenvalue weighted by atomic mass is 32.1. The second-order valence-corrected chi connectivity index (χ2v) is 4.76. The lowest BCUT2D eigenvalue weighted by atomic mass is 10.2. The maximum atomic E-state index is 4.26. The zero-order chi connectivity index (χ0) is 12.2. The van der Waals surface area contributed by atoms with Gasteiger partial charge in [-0.3, -0.25) is 4.98 Å². The number of rotatable bonds is 4. The highest BCUT2D eigenvalue weighted by Gasteiger charge is 2.03. The fraction of sp³-hybridized carbons (Fsp3) is 0.0769. The molecule has 0 spiro atoms. The maximum absolute atomic E-state index is 4.26. The summed E-state index contributed by atoms with van der Waals surface area (Å²) in [4.78, 5) is 5.28. The summed E-state index contributed by atoms with van der Waals surface area (Å²) in [6.07, 6.45) is 5.60. The van der Waals surface area contributed by atoms with E-state index in [0.717, 1.165) is 17.9 Å². The van der Waals surface area contributed by atoms with E-state index in [0.29, 0.717) is 0 Å². The second-order valence-electron chi connectivity index (χ2n) is 3.79. The Morgan fingerprint density at radius 1 is 1.22 bits per heavy atom. The van der Waals surface area contributed by atoms with Crippen molar-refractivity contribution in [2.24, 2.45) is 0 Å². The highest BCUT2D eigenvalue weighted by Crippen LogP contribution is 2.20. The highest BCUT2D eigenvalue weighted by molar-refractivity contribution is 7.09. The molecular weight excluding hydrogens is 244 g/mol. The summed E-state index contributed by atoms with van der Waals surface area (Å²) in [6.45, 7) is 0.781. The van der Waals surface area contributed by atoms with Gasteiger partial charge in [-0.2, -0.15) is 5.10 Å². The van der Waals surface area contributed by atoms with E-state index in [9.17, 15) is 0 Å². The Labute approximate surface area is 109 Å². The Kier molecular flexibility index (Phi) is 3.06. The van der Waals surface area contributed by atoms with Crippen LogP contribution < -0.4 is 5.32 Å². The third-order valence-corrected chi connectivity index (χ3v) is 3.37. The summed E-state index contributed by atoms with van der Waals surface area (Å²) in [5.41, 5.74) is 3.96. The van der Waals surface area contributed by atoms with Gasteiger partial charge in [0.05, 0.1) is 23.4 Å². The lowest BCUT2D eigenvalue weighted by Crippen LogP contribution is -2.03. The number of nitrogens with zero attached hydrogens (tertiary/aromatic N) is 3. The number of anilines is 1. The quantitative estimate of drug-likeness (QED) is 0.780. The average Bonchev–Trinajstić information content (AvgIpc) is 3.10. The van der Waals surface area contributed by atoms with Gasteiger partial charge in [-0.15, -0.1) is 11.3 Å². The molecule has 0 unspecified atom stereocenters. The fourth-order valence-electron chi connectivity index (χ4n) is 1.75. The minimum atomic E-state index is 0.781. The van der Waals surface area contributed by atoms with Crippen molar-refractivity contribution in [1.29, 1.82) is 0 Å². The minimum absolute atomic E-state index is 0.781. The molecule has 0 saturated heterocycles. The van der Waals surface area contributed by atoms with Gasteiger partial charge in [-0.1, -0.05) is 12.1 Å². The number of para-hydroxylation sites is 2. The van der Waals surface area contributed by atoms with Crippen LogP contribution in [0.4, 0.5) is 5.69 Å². The summed E-state index contributed by atoms with van der Waals surface area (Å²) in [7, 11) is 0. The molecular formula is C13H12N4S. The van der Waals surface area contributed by atoms with Crippen molar-refractivity contribution < 1.29 is 0 Å². The Bertz CT molecular complexity index is 602. The molecule has 5 heteroatoms. The molecule has 0 saturated carbocycles. The second kappa shape index (κ2) is 5.01. The Balaban J connectivity index is 1.84. The molecule has 0 amide bonds. The van der Waals surface area contributed by atoms with Crippen LogP contribution in [0.2, 0.25) is 0 Å². The summed E-state index contributed by atoms with van der Waals surface area (Å²) in [6, 6.07) is 10.0. The van der Waals surface area contributed by atoms with Crippen LogP contribution in [0, 0.1) is 0 Å². The first kappa shape index (κ1) is 11.0. The lowest BCUT2D eigenvalue weighted by molar-refractivity contribution is 0.879. The molecule has 18 heavy (non-hydrogen) atoms. The van der Waals surface area contributed by atoms with Crippen molar-refractivity contribution >= 4 is 17.0 Å². The predicted octanol–water partition coefficient (Wildman–Crippen LogP) is 2.94. The molecule has 2 heterocycles. The van der Waals surface area contributed by atoms with Gasteiger partial charge in [0.2, 0.25) is 0 Å². The van der Waals surface area contributed by atoms with E-state index in [-0.39, 0.29) is 0 Å². The molecule has 1 N–H and O–H groups in total. The molecule has 0 fully saturated rings. The first-order valence-electron chi connectivity index (χ1n) is 5.64. The monoisotopic (exact) mass is 256 g/mol. The molecule has 0 aliphatic heterocycles. The number of aromatic nitrogens is 3. The van der Waals surface area contributed by atoms with E-state index < -0.39 is 0 Å². The van der Waals surface area contributed by atoms with Gasteiger partial charge in [-0.05, 0) is 18.2 Å². The summed E-state index contributed by atoms with van der Waals surface area (Å²) < 4.78 is 1.86. The van der Waals surface area contributed by atoms with Gasteiger partial charge >= 0.3 is 0 Å². The Morgan fingerprint density at radius 2 is 2.17 bits per heavy atom. The van der Waals surface area contributed by atoms with Gasteiger partial charge in [-0.25, -0.2) is 4.68 Å². The lowest BCUT2D eigenvalue weighted by Gasteiger charge is -2.10. The largest absolute Gasteiger partial charge is 0.378 e. The van der Waals surface area contributed by atoms with Crippen LogP contribution in [0.15, 0.2) is 54.4 Å². The number of hydrogen-bond donors (Lipinski definition) is 1. The van der Waals surface area contributed by atoms with Crippen molar-refractivity contribution in [2.45, 2.75) is 6.54 Å². The van der Waals surface area contributed by atoms with Crippen molar-refractivity contribution in [3.8, 4) is 5.69 Å². The van der Waals surface area contributed by atoms with E-state index in [1.54, 1.807) is 17.5 Å². The Hall–Kier alpha value is -2.14. The van der Waals surface area contributed by atoms with Crippen LogP contribution in [0.1, 0.15) is 4.88 Å². The standard InChI is InChI=1S/C13H12N4S/c1-2-5-13(17-7-3-6-16-17)12(4-1)15-9-11-8-14-10-18-11/h1-8,10,15H,9H2. The summed E-state index contributed by atoms with van der Waals surface area (Å²) in [5, 5.41) is 7.67. The molecule has 1 aromatic carbocycles. The van der Waals surface area contributed by atoms with Gasteiger partial charge in [0, 0.05) is 23.5 Å². The molecule has 0 radical (unpaired) electrons. The van der Waals surface area contributed by atoms with Crippen LogP contribution in [0.25, 0.3) is 5.69 Å². The van der Waals surface area contributed by atoms with Crippen LogP contribution in [-0.2, 0) is 6.54 Å². The first-order chi connectivity index (χ1) is 8.93. The zero-order valence-electron chi connectivity index (χ0n) is 9.65. The number of hydrogen-bond acceptors (Lipinski definition) is 4. The summed E-state index contributed by atoms with van der Waals surface area (Å²) >= 11 is 1.65. The molecule has 3 aromatic rings. The number of thiazole rings is 1. The SMILES string of the molecule is c1ccc(-n2cccn2)c(NCc2cncs2)c1. The third kappa shape index (κ3) is 2.26. The molecule has 0 aliphatic rings. The van der Waals surface area contributed by atoms with Gasteiger partial charge in [0.1, 0.15) is 0 Å². The predicted molar refractivity (Wildman–Crippen MR) is 73.0 cm³/mol. The van der Waals surface area contributed by atoms with Crippen LogP contribution >= 0.6 is 11.3 Å². The third-order valence-electron chi connectivity index (χ3n) is 2.59. The molecule has 0 atom stereocenters. The van der Waals surface area contributed by atoms with Crippen LogP contribution in [0.5, 0.6) is 0 Å². The van der Waals surface area contributed by atoms with E-state index in [1.807, 2.05) is 46.9 Å². The van der Waals surface area contributed by atoms with Gasteiger partial charge < -0.3 is 5.32 Å². The van der Waals surface area contributed by atoms with E-state index in [2.05, 4.69) is 21.5 Å². The van der Waals surface area contributed by atoms with Crippen molar-refractivity contribution in [3.63, 3.8) is 0 Å². The molecule has 0 aliphatic carbocycles. The van der Waals surface area contributed by atoms with Gasteiger partial charge in [0.15, 0.2) is 0 Å². The smallest absolute Gasteiger partial charge is 0.0876 e. The van der Waals surface area contributed by atoms with E-state index >= 15 is 0 Å². The Morgan fingerprint density at radius 3 is 2.94 bits per heavy atom. The van der Waals surface area contributed by atoms with Crippen molar-refractivity contribution in [2.75, 3.05) is 5.32 Å². The molecule has 3 rings (SSSR count). The van der Waals surface area contributed by atoms with E-state index in [4.69, 9.17) is 0 Å². The van der Waals surface area contributed by atoms with Gasteiger partial charge in [0.25, 0.3) is 0 Å². The minimum Gasteiger partial charge on any atom is -0.378 e. The van der Waals surface area contributed by atoms with E-state index in [1.165, 1.54) is 4.88 Å². The van der Waals surface area contributed by atoms with Crippen LogP contribution in [0.3, 0.4) is 0 Å².